The molecule has 0 aliphatic rings. The van der Waals surface area contributed by atoms with E-state index in [0.29, 0.717) is 10.9 Å². The number of thiophene rings is 1. The number of hydrogen-bond acceptors (Lipinski definition) is 5. The monoisotopic (exact) mass is 424 g/mol. The number of carbonyl (C=O) groups is 1. The molecule has 0 aliphatic carbocycles. The van der Waals surface area contributed by atoms with E-state index in [-0.39, 0.29) is 17.4 Å². The third kappa shape index (κ3) is 4.41. The lowest BCUT2D eigenvalue weighted by Gasteiger charge is -2.08. The minimum Gasteiger partial charge on any atom is -0.497 e. The van der Waals surface area contributed by atoms with Gasteiger partial charge in [0.25, 0.3) is 0 Å². The van der Waals surface area contributed by atoms with E-state index in [2.05, 4.69) is 0 Å². The molecular weight excluding hydrogens is 407 g/mol. The highest BCUT2D eigenvalue weighted by Gasteiger charge is 2.15. The number of benzene rings is 2. The summed E-state index contributed by atoms with van der Waals surface area (Å²) < 4.78 is 20.6. The zero-order valence-corrected chi connectivity index (χ0v) is 17.2. The summed E-state index contributed by atoms with van der Waals surface area (Å²) in [5.41, 5.74) is 2.38. The van der Waals surface area contributed by atoms with Gasteiger partial charge in [0.05, 0.1) is 29.1 Å². The van der Waals surface area contributed by atoms with E-state index < -0.39 is 0 Å². The Kier molecular flexibility index (Phi) is 5.78. The van der Waals surface area contributed by atoms with Crippen LogP contribution in [0.2, 0.25) is 0 Å². The number of rotatable bonds is 7. The van der Waals surface area contributed by atoms with Gasteiger partial charge in [-0.05, 0) is 47.8 Å². The quantitative estimate of drug-likeness (QED) is 0.281. The van der Waals surface area contributed by atoms with Gasteiger partial charge in [0.1, 0.15) is 11.6 Å². The molecule has 0 unspecified atom stereocenters. The van der Waals surface area contributed by atoms with Crippen molar-refractivity contribution in [3.8, 4) is 22.7 Å². The molecule has 0 bridgehead atoms. The van der Waals surface area contributed by atoms with Crippen molar-refractivity contribution in [3.05, 3.63) is 82.9 Å². The van der Waals surface area contributed by atoms with Crippen molar-refractivity contribution in [2.75, 3.05) is 12.9 Å². The van der Waals surface area contributed by atoms with Crippen LogP contribution in [0.25, 0.3) is 16.9 Å². The van der Waals surface area contributed by atoms with Gasteiger partial charge >= 0.3 is 0 Å². The van der Waals surface area contributed by atoms with Gasteiger partial charge in [0.2, 0.25) is 0 Å². The van der Waals surface area contributed by atoms with Crippen LogP contribution in [0.4, 0.5) is 4.39 Å². The number of thioether (sulfide) groups is 1. The fraction of sp³-hybridized carbons (Fsp3) is 0.0909. The summed E-state index contributed by atoms with van der Waals surface area (Å²) in [7, 11) is 1.62. The van der Waals surface area contributed by atoms with Crippen molar-refractivity contribution < 1.29 is 13.9 Å². The minimum atomic E-state index is -0.294. The number of aromatic nitrogens is 2. The van der Waals surface area contributed by atoms with Crippen molar-refractivity contribution in [1.82, 2.24) is 9.55 Å². The molecule has 0 fully saturated rings. The molecule has 0 atom stereocenters. The number of ether oxygens (including phenoxy) is 1. The van der Waals surface area contributed by atoms with E-state index in [4.69, 9.17) is 9.72 Å². The number of ketones is 1. The second-order valence-electron chi connectivity index (χ2n) is 6.18. The zero-order valence-electron chi connectivity index (χ0n) is 15.5. The second kappa shape index (κ2) is 8.63. The van der Waals surface area contributed by atoms with Crippen LogP contribution in [0.3, 0.4) is 0 Å². The average molecular weight is 425 g/mol. The summed E-state index contributed by atoms with van der Waals surface area (Å²) in [5.74, 6) is 0.778. The van der Waals surface area contributed by atoms with Crippen molar-refractivity contribution in [1.29, 1.82) is 0 Å². The molecule has 4 rings (SSSR count). The van der Waals surface area contributed by atoms with Crippen molar-refractivity contribution in [2.24, 2.45) is 0 Å². The average Bonchev–Trinajstić information content (AvgIpc) is 3.43. The van der Waals surface area contributed by atoms with E-state index in [1.54, 1.807) is 19.2 Å². The molecule has 4 nitrogen and oxygen atoms in total. The van der Waals surface area contributed by atoms with Crippen LogP contribution >= 0.6 is 23.1 Å². The lowest BCUT2D eigenvalue weighted by Crippen LogP contribution is -2.02. The van der Waals surface area contributed by atoms with Gasteiger partial charge in [-0.15, -0.1) is 11.3 Å². The highest BCUT2D eigenvalue weighted by molar-refractivity contribution is 7.99. The Hall–Kier alpha value is -2.90. The first kappa shape index (κ1) is 19.4. The lowest BCUT2D eigenvalue weighted by molar-refractivity contribution is 0.102. The first-order chi connectivity index (χ1) is 14.1. The molecule has 0 spiro atoms. The van der Waals surface area contributed by atoms with Gasteiger partial charge in [0.15, 0.2) is 10.9 Å². The molecule has 29 heavy (non-hydrogen) atoms. The Balaban J connectivity index is 1.69. The third-order valence-corrected chi connectivity index (χ3v) is 6.14. The van der Waals surface area contributed by atoms with Crippen molar-refractivity contribution >= 4 is 28.9 Å². The minimum absolute atomic E-state index is 0.0634. The summed E-state index contributed by atoms with van der Waals surface area (Å²) in [4.78, 5) is 17.9. The number of imidazole rings is 1. The number of Topliss-reactive ketones (excluding diaryl/α,β-unsaturated/α-hetero) is 1. The van der Waals surface area contributed by atoms with Crippen LogP contribution in [0.5, 0.6) is 5.75 Å². The van der Waals surface area contributed by atoms with Gasteiger partial charge in [-0.3, -0.25) is 9.36 Å². The molecule has 2 heterocycles. The van der Waals surface area contributed by atoms with Gasteiger partial charge < -0.3 is 4.74 Å². The number of carbonyl (C=O) groups excluding carboxylic acids is 1. The summed E-state index contributed by atoms with van der Waals surface area (Å²) in [6, 6.07) is 17.5. The van der Waals surface area contributed by atoms with Crippen LogP contribution < -0.4 is 4.74 Å². The van der Waals surface area contributed by atoms with Crippen LogP contribution in [0.15, 0.2) is 77.4 Å². The molecule has 7 heteroatoms. The van der Waals surface area contributed by atoms with Crippen molar-refractivity contribution in [3.63, 3.8) is 0 Å². The number of halogens is 1. The molecule has 2 aromatic carbocycles. The smallest absolute Gasteiger partial charge is 0.183 e. The first-order valence-corrected chi connectivity index (χ1v) is 10.7. The van der Waals surface area contributed by atoms with Gasteiger partial charge in [0, 0.05) is 17.8 Å². The normalized spacial score (nSPS) is 10.8. The Labute approximate surface area is 176 Å². The third-order valence-electron chi connectivity index (χ3n) is 4.27. The number of nitrogens with zero attached hydrogens (tertiary/aromatic N) is 2. The molecule has 0 aliphatic heterocycles. The molecule has 0 radical (unpaired) electrons. The molecule has 0 amide bonds. The van der Waals surface area contributed by atoms with Crippen LogP contribution in [-0.2, 0) is 0 Å². The molecule has 146 valence electrons. The highest BCUT2D eigenvalue weighted by atomic mass is 32.2. The summed E-state index contributed by atoms with van der Waals surface area (Å²) in [6.07, 6.45) is 1.89. The standard InChI is InChI=1S/C22H17FN2O2S2/c1-27-18-5-2-4-17(12-18)25-13-19(15-7-9-16(23)10-8-15)24-22(25)29-14-20(26)21-6-3-11-28-21/h2-13H,14H2,1H3. The maximum Gasteiger partial charge on any atom is 0.183 e. The maximum absolute atomic E-state index is 13.3. The van der Waals surface area contributed by atoms with E-state index in [0.717, 1.165) is 21.9 Å². The molecular formula is C22H17FN2O2S2. The Morgan fingerprint density at radius 3 is 2.72 bits per heavy atom. The van der Waals surface area contributed by atoms with Crippen LogP contribution in [-0.4, -0.2) is 28.2 Å². The molecule has 2 aromatic heterocycles. The predicted molar refractivity (Wildman–Crippen MR) is 115 cm³/mol. The van der Waals surface area contributed by atoms with E-state index in [9.17, 15) is 9.18 Å². The maximum atomic E-state index is 13.3. The fourth-order valence-electron chi connectivity index (χ4n) is 2.81. The largest absolute Gasteiger partial charge is 0.497 e. The zero-order chi connectivity index (χ0) is 20.2. The predicted octanol–water partition coefficient (Wildman–Crippen LogP) is 5.72. The molecule has 0 saturated heterocycles. The molecule has 4 aromatic rings. The van der Waals surface area contributed by atoms with E-state index in [1.165, 1.54) is 35.2 Å². The van der Waals surface area contributed by atoms with Crippen molar-refractivity contribution in [2.45, 2.75) is 5.16 Å². The topological polar surface area (TPSA) is 44.1 Å². The number of methoxy groups -OCH3 is 1. The highest BCUT2D eigenvalue weighted by Crippen LogP contribution is 2.29. The fourth-order valence-corrected chi connectivity index (χ4v) is 4.44. The second-order valence-corrected chi connectivity index (χ2v) is 8.07. The van der Waals surface area contributed by atoms with E-state index in [1.807, 2.05) is 52.5 Å². The molecule has 0 N–H and O–H groups in total. The summed E-state index contributed by atoms with van der Waals surface area (Å²) in [5, 5.41) is 2.57. The van der Waals surface area contributed by atoms with Gasteiger partial charge in [-0.2, -0.15) is 0 Å². The van der Waals surface area contributed by atoms with Crippen LogP contribution in [0.1, 0.15) is 9.67 Å². The number of hydrogen-bond donors (Lipinski definition) is 0. The van der Waals surface area contributed by atoms with Crippen LogP contribution in [0, 0.1) is 5.82 Å². The van der Waals surface area contributed by atoms with Gasteiger partial charge in [-0.25, -0.2) is 9.37 Å². The first-order valence-electron chi connectivity index (χ1n) is 8.83. The van der Waals surface area contributed by atoms with Gasteiger partial charge in [-0.1, -0.05) is 23.9 Å². The summed E-state index contributed by atoms with van der Waals surface area (Å²) in [6.45, 7) is 0. The summed E-state index contributed by atoms with van der Waals surface area (Å²) >= 11 is 2.81. The molecule has 0 saturated carbocycles. The SMILES string of the molecule is COc1cccc(-n2cc(-c3ccc(F)cc3)nc2SCC(=O)c2cccs2)c1. The Morgan fingerprint density at radius 1 is 1.17 bits per heavy atom. The Morgan fingerprint density at radius 2 is 2.00 bits per heavy atom. The van der Waals surface area contributed by atoms with E-state index >= 15 is 0 Å². The Bertz CT molecular complexity index is 1120. The lowest BCUT2D eigenvalue weighted by atomic mass is 10.2.